The summed E-state index contributed by atoms with van der Waals surface area (Å²) in [6.45, 7) is 7.71. The molecule has 0 aliphatic carbocycles. The molecule has 1 N–H and O–H groups in total. The van der Waals surface area contributed by atoms with E-state index in [-0.39, 0.29) is 10.8 Å². The molecule has 0 aliphatic heterocycles. The first-order valence-corrected chi connectivity index (χ1v) is 9.29. The lowest BCUT2D eigenvalue weighted by Crippen LogP contribution is -2.30. The lowest BCUT2D eigenvalue weighted by atomic mass is 10.1. The molecule has 0 saturated heterocycles. The Kier molecular flexibility index (Phi) is 7.55. The van der Waals surface area contributed by atoms with Crippen LogP contribution in [0.3, 0.4) is 0 Å². The second kappa shape index (κ2) is 8.90. The first kappa shape index (κ1) is 18.6. The third-order valence-electron chi connectivity index (χ3n) is 3.52. The summed E-state index contributed by atoms with van der Waals surface area (Å²) in [4.78, 5) is 14.0. The Hall–Kier alpha value is -1.40. The summed E-state index contributed by atoms with van der Waals surface area (Å²) < 4.78 is 26.5. The maximum Gasteiger partial charge on any atom is 0.240 e. The fourth-order valence-corrected chi connectivity index (χ4v) is 3.27. The van der Waals surface area contributed by atoms with Gasteiger partial charge in [-0.1, -0.05) is 19.1 Å². The third kappa shape index (κ3) is 5.42. The number of carbonyl (C=O) groups is 1. The summed E-state index contributed by atoms with van der Waals surface area (Å²) in [6, 6.07) is 6.73. The van der Waals surface area contributed by atoms with Gasteiger partial charge in [0.25, 0.3) is 0 Å². The summed E-state index contributed by atoms with van der Waals surface area (Å²) in [7, 11) is -3.42. The summed E-state index contributed by atoms with van der Waals surface area (Å²) in [5.41, 5.74) is 0.968. The van der Waals surface area contributed by atoms with Crippen LogP contribution >= 0.6 is 0 Å². The Labute approximate surface area is 133 Å². The van der Waals surface area contributed by atoms with Crippen molar-refractivity contribution < 1.29 is 13.2 Å². The van der Waals surface area contributed by atoms with Gasteiger partial charge < -0.3 is 4.90 Å². The standard InChI is InChI=1S/C16H26N2O3S/c1-4-13-17-22(20,21)15-10-7-14(8-11-15)9-12-16(19)18(5-2)6-3/h7-8,10-11,17H,4-6,9,12-13H2,1-3H3. The molecule has 0 aromatic heterocycles. The van der Waals surface area contributed by atoms with Gasteiger partial charge in [0.15, 0.2) is 0 Å². The first-order valence-electron chi connectivity index (χ1n) is 7.81. The number of carbonyl (C=O) groups excluding carboxylic acids is 1. The molecule has 0 bridgehead atoms. The zero-order valence-electron chi connectivity index (χ0n) is 13.6. The molecule has 0 heterocycles. The van der Waals surface area contributed by atoms with Gasteiger partial charge in [0, 0.05) is 26.1 Å². The van der Waals surface area contributed by atoms with Crippen LogP contribution in [0.5, 0.6) is 0 Å². The van der Waals surface area contributed by atoms with E-state index in [4.69, 9.17) is 0 Å². The van der Waals surface area contributed by atoms with Crippen LogP contribution in [0.1, 0.15) is 39.2 Å². The average molecular weight is 326 g/mol. The van der Waals surface area contributed by atoms with Gasteiger partial charge in [-0.25, -0.2) is 13.1 Å². The van der Waals surface area contributed by atoms with E-state index >= 15 is 0 Å². The van der Waals surface area contributed by atoms with Crippen molar-refractivity contribution in [3.8, 4) is 0 Å². The Bertz CT molecular complexity index is 564. The molecule has 1 aromatic carbocycles. The van der Waals surface area contributed by atoms with Crippen molar-refractivity contribution in [3.05, 3.63) is 29.8 Å². The predicted octanol–water partition coefficient (Wildman–Crippen LogP) is 2.18. The van der Waals surface area contributed by atoms with Crippen LogP contribution in [-0.4, -0.2) is 38.9 Å². The van der Waals surface area contributed by atoms with Crippen LogP contribution in [0.25, 0.3) is 0 Å². The maximum atomic E-state index is 12.0. The molecule has 1 rings (SSSR count). The van der Waals surface area contributed by atoms with E-state index in [0.29, 0.717) is 19.4 Å². The fraction of sp³-hybridized carbons (Fsp3) is 0.562. The van der Waals surface area contributed by atoms with E-state index in [1.807, 2.05) is 20.8 Å². The molecule has 6 heteroatoms. The predicted molar refractivity (Wildman–Crippen MR) is 88.2 cm³/mol. The molecule has 5 nitrogen and oxygen atoms in total. The Morgan fingerprint density at radius 3 is 2.18 bits per heavy atom. The second-order valence-electron chi connectivity index (χ2n) is 5.11. The molecule has 124 valence electrons. The minimum atomic E-state index is -3.42. The molecule has 22 heavy (non-hydrogen) atoms. The summed E-state index contributed by atoms with van der Waals surface area (Å²) in [5, 5.41) is 0. The third-order valence-corrected chi connectivity index (χ3v) is 5.00. The summed E-state index contributed by atoms with van der Waals surface area (Å²) in [5.74, 6) is 0.131. The smallest absolute Gasteiger partial charge is 0.240 e. The van der Waals surface area contributed by atoms with Gasteiger partial charge in [0.1, 0.15) is 0 Å². The van der Waals surface area contributed by atoms with Crippen LogP contribution in [0, 0.1) is 0 Å². The number of amides is 1. The zero-order chi connectivity index (χ0) is 16.6. The molecular formula is C16H26N2O3S. The van der Waals surface area contributed by atoms with Crippen molar-refractivity contribution >= 4 is 15.9 Å². The number of benzene rings is 1. The minimum Gasteiger partial charge on any atom is -0.343 e. The monoisotopic (exact) mass is 326 g/mol. The van der Waals surface area contributed by atoms with Crippen molar-refractivity contribution in [1.82, 2.24) is 9.62 Å². The van der Waals surface area contributed by atoms with Crippen molar-refractivity contribution in [2.24, 2.45) is 0 Å². The van der Waals surface area contributed by atoms with E-state index < -0.39 is 10.0 Å². The number of sulfonamides is 1. The maximum absolute atomic E-state index is 12.0. The van der Waals surface area contributed by atoms with Gasteiger partial charge in [-0.3, -0.25) is 4.79 Å². The topological polar surface area (TPSA) is 66.5 Å². The lowest BCUT2D eigenvalue weighted by Gasteiger charge is -2.18. The Morgan fingerprint density at radius 2 is 1.68 bits per heavy atom. The van der Waals surface area contributed by atoms with E-state index in [2.05, 4.69) is 4.72 Å². The molecule has 0 aliphatic rings. The highest BCUT2D eigenvalue weighted by Crippen LogP contribution is 2.12. The SMILES string of the molecule is CCCNS(=O)(=O)c1ccc(CCC(=O)N(CC)CC)cc1. The molecule has 0 atom stereocenters. The molecule has 0 radical (unpaired) electrons. The molecule has 0 spiro atoms. The van der Waals surface area contributed by atoms with Gasteiger partial charge in [-0.05, 0) is 44.4 Å². The number of aryl methyl sites for hydroxylation is 1. The molecule has 0 unspecified atom stereocenters. The number of hydrogen-bond acceptors (Lipinski definition) is 3. The van der Waals surface area contributed by atoms with E-state index in [0.717, 1.165) is 25.1 Å². The van der Waals surface area contributed by atoms with Gasteiger partial charge in [-0.2, -0.15) is 0 Å². The highest BCUT2D eigenvalue weighted by molar-refractivity contribution is 7.89. The van der Waals surface area contributed by atoms with Crippen LogP contribution in [0.4, 0.5) is 0 Å². The zero-order valence-corrected chi connectivity index (χ0v) is 14.4. The van der Waals surface area contributed by atoms with Gasteiger partial charge in [-0.15, -0.1) is 0 Å². The number of nitrogens with one attached hydrogen (secondary N) is 1. The van der Waals surface area contributed by atoms with Crippen molar-refractivity contribution in [2.45, 2.75) is 44.9 Å². The molecule has 0 saturated carbocycles. The highest BCUT2D eigenvalue weighted by atomic mass is 32.2. The molecular weight excluding hydrogens is 300 g/mol. The first-order chi connectivity index (χ1) is 10.4. The number of rotatable bonds is 9. The van der Waals surface area contributed by atoms with Crippen LogP contribution < -0.4 is 4.72 Å². The van der Waals surface area contributed by atoms with E-state index in [9.17, 15) is 13.2 Å². The normalized spacial score (nSPS) is 11.4. The molecule has 1 aromatic rings. The molecule has 0 fully saturated rings. The summed E-state index contributed by atoms with van der Waals surface area (Å²) in [6.07, 6.45) is 1.82. The Balaban J connectivity index is 2.64. The van der Waals surface area contributed by atoms with Crippen LogP contribution in [0.15, 0.2) is 29.2 Å². The van der Waals surface area contributed by atoms with Gasteiger partial charge in [0.05, 0.1) is 4.90 Å². The fourth-order valence-electron chi connectivity index (χ4n) is 2.14. The van der Waals surface area contributed by atoms with Crippen molar-refractivity contribution in [1.29, 1.82) is 0 Å². The van der Waals surface area contributed by atoms with E-state index in [1.165, 1.54) is 0 Å². The Morgan fingerprint density at radius 1 is 1.09 bits per heavy atom. The van der Waals surface area contributed by atoms with Gasteiger partial charge >= 0.3 is 0 Å². The number of nitrogens with zero attached hydrogens (tertiary/aromatic N) is 1. The minimum absolute atomic E-state index is 0.131. The largest absolute Gasteiger partial charge is 0.343 e. The molecule has 1 amide bonds. The van der Waals surface area contributed by atoms with Gasteiger partial charge in [0.2, 0.25) is 15.9 Å². The van der Waals surface area contributed by atoms with Crippen LogP contribution in [0.2, 0.25) is 0 Å². The highest BCUT2D eigenvalue weighted by Gasteiger charge is 2.13. The van der Waals surface area contributed by atoms with Crippen molar-refractivity contribution in [3.63, 3.8) is 0 Å². The lowest BCUT2D eigenvalue weighted by molar-refractivity contribution is -0.130. The van der Waals surface area contributed by atoms with Crippen molar-refractivity contribution in [2.75, 3.05) is 19.6 Å². The summed E-state index contributed by atoms with van der Waals surface area (Å²) >= 11 is 0. The van der Waals surface area contributed by atoms with Crippen LogP contribution in [-0.2, 0) is 21.2 Å². The number of hydrogen-bond donors (Lipinski definition) is 1. The quantitative estimate of drug-likeness (QED) is 0.756. The average Bonchev–Trinajstić information content (AvgIpc) is 2.52. The van der Waals surface area contributed by atoms with E-state index in [1.54, 1.807) is 29.2 Å². The second-order valence-corrected chi connectivity index (χ2v) is 6.87.